The van der Waals surface area contributed by atoms with Crippen LogP contribution in [0.5, 0.6) is 17.2 Å². The molecule has 0 saturated carbocycles. The van der Waals surface area contributed by atoms with E-state index in [-0.39, 0.29) is 17.5 Å². The number of hydrogen-bond donors (Lipinski definition) is 0. The molecule has 0 aliphatic carbocycles. The standard InChI is InChI=1S/C29H26BrN3O5/c1-5-17(2)37-27-24(35-3)12-18(13-25(27)36-4)16-31-33-28(32-22-9-7-6-8-21(22)29(33)34)26-15-19-14-20(30)10-11-23(19)38-26/h6-17H,5H2,1-4H3/t17-/m1/s1. The van der Waals surface area contributed by atoms with Crippen molar-refractivity contribution in [2.24, 2.45) is 5.10 Å². The van der Waals surface area contributed by atoms with Crippen LogP contribution in [-0.2, 0) is 0 Å². The number of nitrogens with zero attached hydrogens (tertiary/aromatic N) is 3. The molecular formula is C29H26BrN3O5. The first-order valence-corrected chi connectivity index (χ1v) is 12.9. The van der Waals surface area contributed by atoms with Gasteiger partial charge in [-0.25, -0.2) is 4.98 Å². The van der Waals surface area contributed by atoms with E-state index >= 15 is 0 Å². The van der Waals surface area contributed by atoms with Crippen LogP contribution in [-0.4, -0.2) is 36.2 Å². The van der Waals surface area contributed by atoms with Crippen LogP contribution in [0.25, 0.3) is 33.5 Å². The van der Waals surface area contributed by atoms with Gasteiger partial charge in [-0.3, -0.25) is 4.79 Å². The maximum atomic E-state index is 13.6. The Morgan fingerprint density at radius 2 is 1.82 bits per heavy atom. The molecule has 8 nitrogen and oxygen atoms in total. The molecule has 194 valence electrons. The lowest BCUT2D eigenvalue weighted by atomic mass is 10.2. The minimum atomic E-state index is -0.320. The second-order valence-corrected chi connectivity index (χ2v) is 9.61. The van der Waals surface area contributed by atoms with Crippen molar-refractivity contribution in [2.45, 2.75) is 26.4 Å². The molecule has 0 fully saturated rings. The van der Waals surface area contributed by atoms with E-state index in [1.54, 1.807) is 50.8 Å². The number of benzene rings is 3. The first-order chi connectivity index (χ1) is 18.4. The summed E-state index contributed by atoms with van der Waals surface area (Å²) < 4.78 is 25.4. The van der Waals surface area contributed by atoms with E-state index < -0.39 is 0 Å². The van der Waals surface area contributed by atoms with Crippen molar-refractivity contribution in [3.8, 4) is 28.8 Å². The van der Waals surface area contributed by atoms with E-state index in [4.69, 9.17) is 23.6 Å². The lowest BCUT2D eigenvalue weighted by molar-refractivity contribution is 0.198. The van der Waals surface area contributed by atoms with Crippen molar-refractivity contribution >= 4 is 44.0 Å². The van der Waals surface area contributed by atoms with Crippen molar-refractivity contribution in [3.63, 3.8) is 0 Å². The van der Waals surface area contributed by atoms with Crippen LogP contribution in [0.2, 0.25) is 0 Å². The fourth-order valence-electron chi connectivity index (χ4n) is 4.01. The average Bonchev–Trinajstić information content (AvgIpc) is 3.35. The minimum Gasteiger partial charge on any atom is -0.493 e. The predicted molar refractivity (Wildman–Crippen MR) is 152 cm³/mol. The van der Waals surface area contributed by atoms with E-state index in [1.807, 2.05) is 44.2 Å². The van der Waals surface area contributed by atoms with E-state index in [9.17, 15) is 4.79 Å². The van der Waals surface area contributed by atoms with Crippen LogP contribution in [0.3, 0.4) is 0 Å². The maximum absolute atomic E-state index is 13.6. The summed E-state index contributed by atoms with van der Waals surface area (Å²) in [5.74, 6) is 2.22. The van der Waals surface area contributed by atoms with Crippen molar-refractivity contribution in [1.82, 2.24) is 9.66 Å². The van der Waals surface area contributed by atoms with Gasteiger partial charge in [-0.15, -0.1) is 0 Å². The summed E-state index contributed by atoms with van der Waals surface area (Å²) in [6.07, 6.45) is 2.36. The molecule has 38 heavy (non-hydrogen) atoms. The number of hydrogen-bond acceptors (Lipinski definition) is 7. The molecule has 0 radical (unpaired) electrons. The molecule has 0 amide bonds. The Morgan fingerprint density at radius 3 is 2.53 bits per heavy atom. The molecule has 5 rings (SSSR count). The fourth-order valence-corrected chi connectivity index (χ4v) is 4.39. The Labute approximate surface area is 227 Å². The lowest BCUT2D eigenvalue weighted by Crippen LogP contribution is -2.20. The molecule has 2 aromatic heterocycles. The number of para-hydroxylation sites is 1. The molecule has 0 spiro atoms. The van der Waals surface area contributed by atoms with Crippen LogP contribution in [0.15, 0.2) is 79.4 Å². The molecule has 5 aromatic rings. The number of furan rings is 1. The SMILES string of the molecule is CC[C@@H](C)Oc1c(OC)cc(C=Nn2c(-c3cc4cc(Br)ccc4o3)nc3ccccc3c2=O)cc1OC. The average molecular weight is 576 g/mol. The van der Waals surface area contributed by atoms with Crippen LogP contribution in [0, 0.1) is 0 Å². The number of halogens is 1. The number of rotatable bonds is 8. The topological polar surface area (TPSA) is 88.1 Å². The van der Waals surface area contributed by atoms with Gasteiger partial charge < -0.3 is 18.6 Å². The van der Waals surface area contributed by atoms with Crippen LogP contribution >= 0.6 is 15.9 Å². The fraction of sp³-hybridized carbons (Fsp3) is 0.207. The summed E-state index contributed by atoms with van der Waals surface area (Å²) in [6.45, 7) is 4.02. The monoisotopic (exact) mass is 575 g/mol. The van der Waals surface area contributed by atoms with Gasteiger partial charge in [0.1, 0.15) is 5.58 Å². The molecule has 0 bridgehead atoms. The van der Waals surface area contributed by atoms with Crippen molar-refractivity contribution in [1.29, 1.82) is 0 Å². The van der Waals surface area contributed by atoms with Crippen molar-refractivity contribution in [2.75, 3.05) is 14.2 Å². The normalized spacial score (nSPS) is 12.3. The van der Waals surface area contributed by atoms with E-state index in [0.29, 0.717) is 45.1 Å². The Morgan fingerprint density at radius 1 is 1.08 bits per heavy atom. The zero-order chi connectivity index (χ0) is 26.8. The molecule has 3 aromatic carbocycles. The highest BCUT2D eigenvalue weighted by Gasteiger charge is 2.18. The van der Waals surface area contributed by atoms with Gasteiger partial charge in [-0.05, 0) is 61.9 Å². The van der Waals surface area contributed by atoms with Crippen molar-refractivity contribution < 1.29 is 18.6 Å². The van der Waals surface area contributed by atoms with Crippen LogP contribution in [0.1, 0.15) is 25.8 Å². The molecule has 0 saturated heterocycles. The lowest BCUT2D eigenvalue weighted by Gasteiger charge is -2.18. The molecule has 0 N–H and O–H groups in total. The zero-order valence-electron chi connectivity index (χ0n) is 21.4. The summed E-state index contributed by atoms with van der Waals surface area (Å²) >= 11 is 3.49. The third-order valence-corrected chi connectivity index (χ3v) is 6.64. The summed E-state index contributed by atoms with van der Waals surface area (Å²) in [6, 6.07) is 18.2. The summed E-state index contributed by atoms with van der Waals surface area (Å²) in [4.78, 5) is 18.3. The Kier molecular flexibility index (Phi) is 7.20. The van der Waals surface area contributed by atoms with E-state index in [0.717, 1.165) is 16.3 Å². The molecule has 0 aliphatic heterocycles. The molecule has 0 unspecified atom stereocenters. The van der Waals surface area contributed by atoms with Gasteiger partial charge in [-0.1, -0.05) is 35.0 Å². The highest BCUT2D eigenvalue weighted by molar-refractivity contribution is 9.10. The largest absolute Gasteiger partial charge is 0.493 e. The van der Waals surface area contributed by atoms with Gasteiger partial charge in [0.05, 0.1) is 37.4 Å². The van der Waals surface area contributed by atoms with Gasteiger partial charge in [0.15, 0.2) is 17.3 Å². The number of ether oxygens (including phenoxy) is 3. The third kappa shape index (κ3) is 4.89. The third-order valence-electron chi connectivity index (χ3n) is 6.15. The minimum absolute atomic E-state index is 0.0217. The highest BCUT2D eigenvalue weighted by atomic mass is 79.9. The second kappa shape index (κ2) is 10.7. The van der Waals surface area contributed by atoms with Crippen molar-refractivity contribution in [3.05, 3.63) is 81.1 Å². The van der Waals surface area contributed by atoms with E-state index in [1.165, 1.54) is 4.68 Å². The van der Waals surface area contributed by atoms with Gasteiger partial charge in [0.25, 0.3) is 5.56 Å². The zero-order valence-corrected chi connectivity index (χ0v) is 23.0. The number of fused-ring (bicyclic) bond motifs is 2. The van der Waals surface area contributed by atoms with E-state index in [2.05, 4.69) is 21.0 Å². The summed E-state index contributed by atoms with van der Waals surface area (Å²) in [7, 11) is 3.13. The molecular weight excluding hydrogens is 550 g/mol. The Hall–Kier alpha value is -4.11. The highest BCUT2D eigenvalue weighted by Crippen LogP contribution is 2.39. The second-order valence-electron chi connectivity index (χ2n) is 8.70. The van der Waals surface area contributed by atoms with Crippen LogP contribution < -0.4 is 19.8 Å². The number of aromatic nitrogens is 2. The Bertz CT molecular complexity index is 1700. The quantitative estimate of drug-likeness (QED) is 0.192. The van der Waals surface area contributed by atoms with Crippen LogP contribution in [0.4, 0.5) is 0 Å². The first kappa shape index (κ1) is 25.5. The number of methoxy groups -OCH3 is 2. The Balaban J connectivity index is 1.65. The van der Waals surface area contributed by atoms with Gasteiger partial charge >= 0.3 is 0 Å². The van der Waals surface area contributed by atoms with Gasteiger partial charge in [0, 0.05) is 15.4 Å². The predicted octanol–water partition coefficient (Wildman–Crippen LogP) is 6.65. The first-order valence-electron chi connectivity index (χ1n) is 12.1. The summed E-state index contributed by atoms with van der Waals surface area (Å²) in [5.41, 5.74) is 1.55. The van der Waals surface area contributed by atoms with Gasteiger partial charge in [-0.2, -0.15) is 9.78 Å². The maximum Gasteiger partial charge on any atom is 0.282 e. The molecule has 1 atom stereocenters. The molecule has 2 heterocycles. The van der Waals surface area contributed by atoms with Gasteiger partial charge in [0.2, 0.25) is 11.6 Å². The summed E-state index contributed by atoms with van der Waals surface area (Å²) in [5, 5.41) is 5.86. The molecule has 9 heteroatoms. The smallest absolute Gasteiger partial charge is 0.282 e. The molecule has 0 aliphatic rings.